The summed E-state index contributed by atoms with van der Waals surface area (Å²) in [6.07, 6.45) is 0.584. The van der Waals surface area contributed by atoms with Gasteiger partial charge in [0, 0.05) is 11.9 Å². The summed E-state index contributed by atoms with van der Waals surface area (Å²) in [6.45, 7) is 0.475. The Kier molecular flexibility index (Phi) is 3.44. The third kappa shape index (κ3) is 2.41. The number of hydrazine groups is 1. The van der Waals surface area contributed by atoms with Crippen molar-refractivity contribution in [1.29, 1.82) is 0 Å². The van der Waals surface area contributed by atoms with Crippen LogP contribution >= 0.6 is 0 Å². The van der Waals surface area contributed by atoms with Crippen molar-refractivity contribution in [3.8, 4) is 0 Å². The number of nitrogens with one attached hydrogen (secondary N) is 1. The van der Waals surface area contributed by atoms with Gasteiger partial charge in [0.1, 0.15) is 11.3 Å². The smallest absolute Gasteiger partial charge is 0.269 e. The number of benzene rings is 1. The molecule has 1 amide bonds. The molecule has 0 saturated carbocycles. The molecule has 1 aliphatic rings. The van der Waals surface area contributed by atoms with Crippen LogP contribution in [-0.4, -0.2) is 30.9 Å². The summed E-state index contributed by atoms with van der Waals surface area (Å²) in [7, 11) is -3.26. The highest BCUT2D eigenvalue weighted by Gasteiger charge is 2.31. The molecule has 3 N–H and O–H groups in total. The lowest BCUT2D eigenvalue weighted by Gasteiger charge is -2.13. The Morgan fingerprint density at radius 1 is 1.38 bits per heavy atom. The van der Waals surface area contributed by atoms with E-state index in [1.807, 2.05) is 0 Å². The second kappa shape index (κ2) is 5.14. The number of hydrogen-bond acceptors (Lipinski definition) is 5. The summed E-state index contributed by atoms with van der Waals surface area (Å²) in [5, 5.41) is 0.618. The van der Waals surface area contributed by atoms with Crippen molar-refractivity contribution in [2.75, 3.05) is 12.3 Å². The lowest BCUT2D eigenvalue weighted by molar-refractivity contribution is 0.0952. The minimum Gasteiger partial charge on any atom is -0.459 e. The number of carbonyl (C=O) groups excluding carboxylic acids is 1. The van der Waals surface area contributed by atoms with Gasteiger partial charge >= 0.3 is 0 Å². The number of nitrogen functional groups attached to an aromatic ring is 1. The van der Waals surface area contributed by atoms with Gasteiger partial charge in [-0.3, -0.25) is 10.2 Å². The molecule has 0 unspecified atom stereocenters. The van der Waals surface area contributed by atoms with Gasteiger partial charge in [-0.2, -0.15) is 4.31 Å². The van der Waals surface area contributed by atoms with E-state index in [9.17, 15) is 13.2 Å². The van der Waals surface area contributed by atoms with Gasteiger partial charge < -0.3 is 4.42 Å². The maximum atomic E-state index is 12.0. The molecule has 8 heteroatoms. The SMILES string of the molecule is NNC(=O)c1c(CN2CCCS2(=O)=O)oc2ccccc12. The molecule has 21 heavy (non-hydrogen) atoms. The van der Waals surface area contributed by atoms with Crippen LogP contribution in [0.15, 0.2) is 28.7 Å². The van der Waals surface area contributed by atoms with Gasteiger partial charge in [-0.1, -0.05) is 18.2 Å². The number of fused-ring (bicyclic) bond motifs is 1. The molecule has 0 aliphatic carbocycles. The highest BCUT2D eigenvalue weighted by atomic mass is 32.2. The number of rotatable bonds is 3. The fourth-order valence-corrected chi connectivity index (χ4v) is 4.03. The second-order valence-corrected chi connectivity index (χ2v) is 6.96. The predicted molar refractivity (Wildman–Crippen MR) is 76.7 cm³/mol. The molecule has 0 spiro atoms. The molecule has 0 atom stereocenters. The molecular formula is C13H15N3O4S. The van der Waals surface area contributed by atoms with Crippen LogP contribution in [0.4, 0.5) is 0 Å². The number of nitrogens with two attached hydrogens (primary N) is 1. The van der Waals surface area contributed by atoms with Crippen molar-refractivity contribution in [2.24, 2.45) is 5.84 Å². The van der Waals surface area contributed by atoms with Crippen LogP contribution in [0.2, 0.25) is 0 Å². The topological polar surface area (TPSA) is 106 Å². The van der Waals surface area contributed by atoms with Crippen LogP contribution in [0.25, 0.3) is 11.0 Å². The van der Waals surface area contributed by atoms with Crippen LogP contribution < -0.4 is 11.3 Å². The largest absolute Gasteiger partial charge is 0.459 e. The molecule has 112 valence electrons. The number of amides is 1. The number of furan rings is 1. The van der Waals surface area contributed by atoms with E-state index >= 15 is 0 Å². The zero-order chi connectivity index (χ0) is 15.0. The zero-order valence-corrected chi connectivity index (χ0v) is 12.0. The maximum absolute atomic E-state index is 12.0. The number of para-hydroxylation sites is 1. The maximum Gasteiger partial charge on any atom is 0.269 e. The molecule has 0 bridgehead atoms. The molecule has 3 rings (SSSR count). The summed E-state index contributed by atoms with van der Waals surface area (Å²) in [6, 6.07) is 7.03. The zero-order valence-electron chi connectivity index (χ0n) is 11.2. The Labute approximate surface area is 121 Å². The van der Waals surface area contributed by atoms with E-state index in [2.05, 4.69) is 5.43 Å². The Morgan fingerprint density at radius 3 is 2.81 bits per heavy atom. The lowest BCUT2D eigenvalue weighted by Crippen LogP contribution is -2.32. The molecule has 0 radical (unpaired) electrons. The highest BCUT2D eigenvalue weighted by Crippen LogP contribution is 2.28. The average molecular weight is 309 g/mol. The Hall–Kier alpha value is -1.90. The fraction of sp³-hybridized carbons (Fsp3) is 0.308. The van der Waals surface area contributed by atoms with Crippen LogP contribution in [0, 0.1) is 0 Å². The Morgan fingerprint density at radius 2 is 2.14 bits per heavy atom. The molecule has 1 aromatic heterocycles. The molecule has 1 fully saturated rings. The first-order valence-corrected chi connectivity index (χ1v) is 8.13. The lowest BCUT2D eigenvalue weighted by atomic mass is 10.1. The van der Waals surface area contributed by atoms with Gasteiger partial charge in [-0.25, -0.2) is 14.3 Å². The van der Waals surface area contributed by atoms with Crippen LogP contribution in [0.5, 0.6) is 0 Å². The molecule has 2 heterocycles. The van der Waals surface area contributed by atoms with Gasteiger partial charge in [0.15, 0.2) is 0 Å². The van der Waals surface area contributed by atoms with Crippen molar-refractivity contribution in [3.05, 3.63) is 35.6 Å². The van der Waals surface area contributed by atoms with E-state index in [0.717, 1.165) is 0 Å². The minimum absolute atomic E-state index is 0.0414. The van der Waals surface area contributed by atoms with E-state index in [4.69, 9.17) is 10.3 Å². The summed E-state index contributed by atoms with van der Waals surface area (Å²) in [4.78, 5) is 12.0. The first-order chi connectivity index (χ1) is 10.0. The van der Waals surface area contributed by atoms with Gasteiger partial charge in [0.2, 0.25) is 10.0 Å². The van der Waals surface area contributed by atoms with Gasteiger partial charge in [0.25, 0.3) is 5.91 Å². The summed E-state index contributed by atoms with van der Waals surface area (Å²) >= 11 is 0. The first-order valence-electron chi connectivity index (χ1n) is 6.52. The van der Waals surface area contributed by atoms with Crippen molar-refractivity contribution < 1.29 is 17.6 Å². The van der Waals surface area contributed by atoms with Gasteiger partial charge in [-0.15, -0.1) is 0 Å². The molecule has 2 aromatic rings. The summed E-state index contributed by atoms with van der Waals surface area (Å²) in [5.41, 5.74) is 2.90. The summed E-state index contributed by atoms with van der Waals surface area (Å²) in [5.74, 6) is 5.16. The molecular weight excluding hydrogens is 294 g/mol. The van der Waals surface area contributed by atoms with E-state index in [1.165, 1.54) is 4.31 Å². The Balaban J connectivity index is 2.07. The number of sulfonamides is 1. The Bertz CT molecular complexity index is 797. The quantitative estimate of drug-likeness (QED) is 0.490. The molecule has 1 saturated heterocycles. The number of carbonyl (C=O) groups is 1. The van der Waals surface area contributed by atoms with Crippen LogP contribution in [-0.2, 0) is 16.6 Å². The van der Waals surface area contributed by atoms with Crippen LogP contribution in [0.1, 0.15) is 22.5 Å². The predicted octanol–water partition coefficient (Wildman–Crippen LogP) is 0.572. The first kappa shape index (κ1) is 14.1. The molecule has 7 nitrogen and oxygen atoms in total. The van der Waals surface area contributed by atoms with Crippen LogP contribution in [0.3, 0.4) is 0 Å². The standard InChI is InChI=1S/C13H15N3O4S/c14-15-13(17)12-9-4-1-2-5-10(9)20-11(12)8-16-6-3-7-21(16,18)19/h1-2,4-5H,3,6-8,14H2,(H,15,17). The van der Waals surface area contributed by atoms with E-state index in [-0.39, 0.29) is 17.9 Å². The monoisotopic (exact) mass is 309 g/mol. The normalized spacial score (nSPS) is 18.1. The highest BCUT2D eigenvalue weighted by molar-refractivity contribution is 7.89. The van der Waals surface area contributed by atoms with Gasteiger partial charge in [0.05, 0.1) is 17.9 Å². The minimum atomic E-state index is -3.26. The van der Waals surface area contributed by atoms with Crippen molar-refractivity contribution in [1.82, 2.24) is 9.73 Å². The number of hydrogen-bond donors (Lipinski definition) is 2. The second-order valence-electron chi connectivity index (χ2n) is 4.87. The van der Waals surface area contributed by atoms with Crippen molar-refractivity contribution in [3.63, 3.8) is 0 Å². The van der Waals surface area contributed by atoms with Gasteiger partial charge in [-0.05, 0) is 12.5 Å². The molecule has 1 aromatic carbocycles. The van der Waals surface area contributed by atoms with Crippen molar-refractivity contribution >= 4 is 26.9 Å². The third-order valence-electron chi connectivity index (χ3n) is 3.55. The van der Waals surface area contributed by atoms with E-state index in [0.29, 0.717) is 29.7 Å². The summed E-state index contributed by atoms with van der Waals surface area (Å²) < 4.78 is 30.8. The van der Waals surface area contributed by atoms with E-state index in [1.54, 1.807) is 24.3 Å². The third-order valence-corrected chi connectivity index (χ3v) is 5.45. The fourth-order valence-electron chi connectivity index (χ4n) is 2.56. The van der Waals surface area contributed by atoms with Crippen molar-refractivity contribution in [2.45, 2.75) is 13.0 Å². The van der Waals surface area contributed by atoms with E-state index < -0.39 is 15.9 Å². The number of nitrogens with zero attached hydrogens (tertiary/aromatic N) is 1. The molecule has 1 aliphatic heterocycles. The average Bonchev–Trinajstić information content (AvgIpc) is 2.98.